The Labute approximate surface area is 100.0 Å². The second-order valence-corrected chi connectivity index (χ2v) is 3.91. The van der Waals surface area contributed by atoms with Crippen molar-refractivity contribution in [3.05, 3.63) is 41.2 Å². The first kappa shape index (κ1) is 13.4. The van der Waals surface area contributed by atoms with Gasteiger partial charge in [-0.1, -0.05) is 18.2 Å². The van der Waals surface area contributed by atoms with Crippen LogP contribution in [0.15, 0.2) is 29.8 Å². The molecule has 4 heteroatoms. The number of nitrogens with one attached hydrogen (secondary N) is 1. The van der Waals surface area contributed by atoms with Gasteiger partial charge in [0.1, 0.15) is 5.82 Å². The number of carbonyl (C=O) groups excluding carboxylic acids is 1. The molecule has 92 valence electrons. The van der Waals surface area contributed by atoms with Gasteiger partial charge in [-0.3, -0.25) is 4.79 Å². The Bertz CT molecular complexity index is 429. The molecule has 0 saturated carbocycles. The first-order valence-corrected chi connectivity index (χ1v) is 5.39. The van der Waals surface area contributed by atoms with Gasteiger partial charge in [-0.05, 0) is 26.0 Å². The van der Waals surface area contributed by atoms with Crippen molar-refractivity contribution in [2.75, 3.05) is 6.61 Å². The lowest BCUT2D eigenvalue weighted by molar-refractivity contribution is -0.118. The minimum atomic E-state index is -0.366. The van der Waals surface area contributed by atoms with Crippen LogP contribution in [0.25, 0.3) is 6.08 Å². The number of halogens is 1. The molecule has 0 saturated heterocycles. The standard InChI is InChI=1S/C13H16FNO2/c1-9(13(17)15-10(2)8-16)7-11-5-3-4-6-12(11)14/h3-7,10,16H,8H2,1-2H3,(H,15,17)/b9-7+/t10-/m0/s1. The van der Waals surface area contributed by atoms with Crippen LogP contribution in [0, 0.1) is 5.82 Å². The number of hydrogen-bond donors (Lipinski definition) is 2. The summed E-state index contributed by atoms with van der Waals surface area (Å²) in [5.41, 5.74) is 0.771. The van der Waals surface area contributed by atoms with Gasteiger partial charge in [0.2, 0.25) is 5.91 Å². The summed E-state index contributed by atoms with van der Waals surface area (Å²) < 4.78 is 13.3. The number of aliphatic hydroxyl groups is 1. The molecule has 1 aromatic rings. The highest BCUT2D eigenvalue weighted by molar-refractivity contribution is 5.97. The highest BCUT2D eigenvalue weighted by atomic mass is 19.1. The number of hydrogen-bond acceptors (Lipinski definition) is 2. The molecule has 0 bridgehead atoms. The lowest BCUT2D eigenvalue weighted by atomic mass is 10.1. The van der Waals surface area contributed by atoms with Crippen LogP contribution in [-0.2, 0) is 4.79 Å². The van der Waals surface area contributed by atoms with Crippen LogP contribution in [0.5, 0.6) is 0 Å². The molecule has 0 unspecified atom stereocenters. The van der Waals surface area contributed by atoms with Gasteiger partial charge in [-0.15, -0.1) is 0 Å². The zero-order valence-corrected chi connectivity index (χ0v) is 9.90. The Morgan fingerprint density at radius 2 is 2.18 bits per heavy atom. The summed E-state index contributed by atoms with van der Waals surface area (Å²) in [5, 5.41) is 11.4. The van der Waals surface area contributed by atoms with E-state index in [1.807, 2.05) is 0 Å². The molecule has 0 aliphatic rings. The van der Waals surface area contributed by atoms with Crippen molar-refractivity contribution in [2.24, 2.45) is 0 Å². The normalized spacial score (nSPS) is 13.3. The van der Waals surface area contributed by atoms with E-state index in [2.05, 4.69) is 5.32 Å². The molecule has 1 amide bonds. The van der Waals surface area contributed by atoms with Gasteiger partial charge < -0.3 is 10.4 Å². The zero-order chi connectivity index (χ0) is 12.8. The van der Waals surface area contributed by atoms with Crippen molar-refractivity contribution in [1.82, 2.24) is 5.32 Å². The lowest BCUT2D eigenvalue weighted by Crippen LogP contribution is -2.35. The second-order valence-electron chi connectivity index (χ2n) is 3.91. The summed E-state index contributed by atoms with van der Waals surface area (Å²) in [7, 11) is 0. The van der Waals surface area contributed by atoms with E-state index in [1.54, 1.807) is 32.0 Å². The Balaban J connectivity index is 2.79. The summed E-state index contributed by atoms with van der Waals surface area (Å²) in [6.07, 6.45) is 1.48. The van der Waals surface area contributed by atoms with Gasteiger partial charge in [0.25, 0.3) is 0 Å². The van der Waals surface area contributed by atoms with Gasteiger partial charge >= 0.3 is 0 Å². The van der Waals surface area contributed by atoms with E-state index in [9.17, 15) is 9.18 Å². The van der Waals surface area contributed by atoms with E-state index in [0.29, 0.717) is 11.1 Å². The van der Waals surface area contributed by atoms with E-state index in [0.717, 1.165) is 0 Å². The maximum absolute atomic E-state index is 13.3. The van der Waals surface area contributed by atoms with Crippen molar-refractivity contribution in [1.29, 1.82) is 0 Å². The topological polar surface area (TPSA) is 49.3 Å². The van der Waals surface area contributed by atoms with E-state index >= 15 is 0 Å². The van der Waals surface area contributed by atoms with Crippen LogP contribution < -0.4 is 5.32 Å². The summed E-state index contributed by atoms with van der Waals surface area (Å²) in [6, 6.07) is 5.92. The van der Waals surface area contributed by atoms with Crippen molar-refractivity contribution in [2.45, 2.75) is 19.9 Å². The average molecular weight is 237 g/mol. The van der Waals surface area contributed by atoms with Crippen molar-refractivity contribution in [3.63, 3.8) is 0 Å². The molecule has 1 rings (SSSR count). The van der Waals surface area contributed by atoms with Gasteiger partial charge in [-0.2, -0.15) is 0 Å². The Kier molecular flexibility index (Phi) is 4.84. The van der Waals surface area contributed by atoms with Crippen molar-refractivity contribution < 1.29 is 14.3 Å². The molecule has 0 radical (unpaired) electrons. The van der Waals surface area contributed by atoms with Gasteiger partial charge in [-0.25, -0.2) is 4.39 Å². The maximum atomic E-state index is 13.3. The van der Waals surface area contributed by atoms with Crippen LogP contribution in [-0.4, -0.2) is 23.7 Å². The summed E-state index contributed by atoms with van der Waals surface area (Å²) in [4.78, 5) is 11.6. The predicted octanol–water partition coefficient (Wildman–Crippen LogP) is 1.73. The predicted molar refractivity (Wildman–Crippen MR) is 64.7 cm³/mol. The molecule has 0 aliphatic carbocycles. The molecule has 2 N–H and O–H groups in total. The minimum Gasteiger partial charge on any atom is -0.394 e. The third kappa shape index (κ3) is 4.00. The van der Waals surface area contributed by atoms with E-state index in [4.69, 9.17) is 5.11 Å². The third-order valence-electron chi connectivity index (χ3n) is 2.29. The van der Waals surface area contributed by atoms with Crippen LogP contribution in [0.2, 0.25) is 0 Å². The maximum Gasteiger partial charge on any atom is 0.247 e. The monoisotopic (exact) mass is 237 g/mol. The van der Waals surface area contributed by atoms with Gasteiger partial charge in [0.05, 0.1) is 6.61 Å². The third-order valence-corrected chi connectivity index (χ3v) is 2.29. The molecule has 0 aliphatic heterocycles. The molecule has 1 aromatic carbocycles. The van der Waals surface area contributed by atoms with Gasteiger partial charge in [0, 0.05) is 17.2 Å². The van der Waals surface area contributed by atoms with Crippen molar-refractivity contribution >= 4 is 12.0 Å². The minimum absolute atomic E-state index is 0.126. The van der Waals surface area contributed by atoms with Crippen LogP contribution in [0.4, 0.5) is 4.39 Å². The molecule has 0 heterocycles. The highest BCUT2D eigenvalue weighted by Crippen LogP contribution is 2.11. The van der Waals surface area contributed by atoms with Crippen LogP contribution in [0.1, 0.15) is 19.4 Å². The summed E-state index contributed by atoms with van der Waals surface area (Å²) >= 11 is 0. The SMILES string of the molecule is C/C(=C\c1ccccc1F)C(=O)N[C@@H](C)CO. The molecule has 3 nitrogen and oxygen atoms in total. The number of amides is 1. The fourth-order valence-electron chi connectivity index (χ4n) is 1.27. The molecule has 0 aromatic heterocycles. The van der Waals surface area contributed by atoms with Gasteiger partial charge in [0.15, 0.2) is 0 Å². The smallest absolute Gasteiger partial charge is 0.247 e. The first-order chi connectivity index (χ1) is 8.04. The summed E-state index contributed by atoms with van der Waals surface area (Å²) in [6.45, 7) is 3.17. The molecular weight excluding hydrogens is 221 g/mol. The largest absolute Gasteiger partial charge is 0.394 e. The zero-order valence-electron chi connectivity index (χ0n) is 9.90. The molecule has 0 spiro atoms. The van der Waals surface area contributed by atoms with E-state index in [1.165, 1.54) is 12.1 Å². The first-order valence-electron chi connectivity index (χ1n) is 5.39. The molecular formula is C13H16FNO2. The highest BCUT2D eigenvalue weighted by Gasteiger charge is 2.08. The fraction of sp³-hybridized carbons (Fsp3) is 0.308. The van der Waals surface area contributed by atoms with Crippen LogP contribution >= 0.6 is 0 Å². The molecule has 0 fully saturated rings. The Morgan fingerprint density at radius 1 is 1.53 bits per heavy atom. The van der Waals surface area contributed by atoms with Crippen LogP contribution in [0.3, 0.4) is 0 Å². The fourth-order valence-corrected chi connectivity index (χ4v) is 1.27. The molecule has 1 atom stereocenters. The number of carbonyl (C=O) groups is 1. The molecule has 17 heavy (non-hydrogen) atoms. The van der Waals surface area contributed by atoms with Crippen molar-refractivity contribution in [3.8, 4) is 0 Å². The van der Waals surface area contributed by atoms with E-state index in [-0.39, 0.29) is 24.4 Å². The summed E-state index contributed by atoms with van der Waals surface area (Å²) in [5.74, 6) is -0.676. The second kappa shape index (κ2) is 6.15. The number of aliphatic hydroxyl groups excluding tert-OH is 1. The van der Waals surface area contributed by atoms with E-state index < -0.39 is 0 Å². The number of rotatable bonds is 4. The average Bonchev–Trinajstić information content (AvgIpc) is 2.31. The lowest BCUT2D eigenvalue weighted by Gasteiger charge is -2.10. The Morgan fingerprint density at radius 3 is 2.76 bits per heavy atom. The number of benzene rings is 1. The Hall–Kier alpha value is -1.68. The quantitative estimate of drug-likeness (QED) is 0.783.